The van der Waals surface area contributed by atoms with E-state index in [1.54, 1.807) is 11.6 Å². The molecule has 1 aromatic carbocycles. The topological polar surface area (TPSA) is 77.1 Å². The summed E-state index contributed by atoms with van der Waals surface area (Å²) in [6, 6.07) is 10.0. The highest BCUT2D eigenvalue weighted by Crippen LogP contribution is 2.34. The van der Waals surface area contributed by atoms with E-state index in [0.29, 0.717) is 46.9 Å². The number of carbonyl (C=O) groups excluding carboxylic acids is 1. The van der Waals surface area contributed by atoms with Gasteiger partial charge in [-0.3, -0.25) is 9.48 Å². The highest BCUT2D eigenvalue weighted by molar-refractivity contribution is 6.33. The molecule has 2 aromatic rings. The summed E-state index contributed by atoms with van der Waals surface area (Å²) in [6.45, 7) is 12.2. The first kappa shape index (κ1) is 24.5. The minimum atomic E-state index is -0.360. The number of carbonyl (C=O) groups is 1. The van der Waals surface area contributed by atoms with E-state index in [-0.39, 0.29) is 23.9 Å². The zero-order chi connectivity index (χ0) is 23.2. The number of halogens is 1. The van der Waals surface area contributed by atoms with Crippen molar-refractivity contribution >= 4 is 28.9 Å². The van der Waals surface area contributed by atoms with Crippen molar-refractivity contribution in [3.63, 3.8) is 0 Å². The number of ether oxygens (including phenoxy) is 2. The minimum Gasteiger partial charge on any atom is -0.454 e. The van der Waals surface area contributed by atoms with Crippen molar-refractivity contribution in [1.29, 1.82) is 5.26 Å². The van der Waals surface area contributed by atoms with E-state index in [1.807, 2.05) is 38.1 Å². The first-order chi connectivity index (χ1) is 14.6. The molecule has 1 heterocycles. The number of nitrogens with zero attached hydrogens (tertiary/aromatic N) is 3. The maximum absolute atomic E-state index is 11.8. The lowest BCUT2D eigenvalue weighted by atomic mass is 9.86. The van der Waals surface area contributed by atoms with Crippen LogP contribution in [0.1, 0.15) is 70.0 Å². The molecular formula is C24H30ClN3O3. The molecule has 0 fully saturated rings. The molecule has 0 radical (unpaired) electrons. The summed E-state index contributed by atoms with van der Waals surface area (Å²) in [5, 5.41) is 14.9. The predicted octanol–water partition coefficient (Wildman–Crippen LogP) is 5.87. The van der Waals surface area contributed by atoms with Crippen LogP contribution in [-0.2, 0) is 26.2 Å². The van der Waals surface area contributed by atoms with Gasteiger partial charge in [-0.05, 0) is 36.8 Å². The Morgan fingerprint density at radius 3 is 2.35 bits per heavy atom. The Morgan fingerprint density at radius 2 is 1.84 bits per heavy atom. The quantitative estimate of drug-likeness (QED) is 0.220. The van der Waals surface area contributed by atoms with Gasteiger partial charge in [0.05, 0.1) is 10.7 Å². The fourth-order valence-corrected chi connectivity index (χ4v) is 3.30. The molecule has 0 unspecified atom stereocenters. The van der Waals surface area contributed by atoms with E-state index >= 15 is 0 Å². The van der Waals surface area contributed by atoms with Gasteiger partial charge >= 0.3 is 5.97 Å². The number of rotatable bonds is 8. The average Bonchev–Trinajstić information content (AvgIpc) is 3.01. The Morgan fingerprint density at radius 1 is 1.19 bits per heavy atom. The van der Waals surface area contributed by atoms with E-state index in [4.69, 9.17) is 21.1 Å². The van der Waals surface area contributed by atoms with Gasteiger partial charge in [0, 0.05) is 13.0 Å². The second kappa shape index (κ2) is 10.5. The van der Waals surface area contributed by atoms with Crippen molar-refractivity contribution in [2.45, 2.75) is 66.3 Å². The summed E-state index contributed by atoms with van der Waals surface area (Å²) in [5.74, 6) is -0.121. The normalized spacial score (nSPS) is 12.2. The van der Waals surface area contributed by atoms with Crippen LogP contribution >= 0.6 is 11.6 Å². The number of benzene rings is 1. The van der Waals surface area contributed by atoms with Gasteiger partial charge in [-0.15, -0.1) is 0 Å². The summed E-state index contributed by atoms with van der Waals surface area (Å²) in [5.41, 5.74) is 3.24. The molecule has 0 bridgehead atoms. The molecule has 0 atom stereocenters. The van der Waals surface area contributed by atoms with Crippen molar-refractivity contribution in [1.82, 2.24) is 9.78 Å². The molecule has 31 heavy (non-hydrogen) atoms. The predicted molar refractivity (Wildman–Crippen MR) is 122 cm³/mol. The summed E-state index contributed by atoms with van der Waals surface area (Å²) in [6.07, 6.45) is 0.979. The molecule has 2 rings (SSSR count). The molecule has 1 aromatic heterocycles. The number of allylic oxidation sites excluding steroid dienone is 1. The number of nitriles is 1. The molecule has 6 nitrogen and oxygen atoms in total. The van der Waals surface area contributed by atoms with E-state index in [2.05, 4.69) is 31.9 Å². The molecule has 0 aliphatic rings. The Hall–Kier alpha value is -2.78. The molecule has 0 amide bonds. The van der Waals surface area contributed by atoms with E-state index in [0.717, 1.165) is 5.56 Å². The second-order valence-corrected chi connectivity index (χ2v) is 8.61. The SMILES string of the molecule is CCCC(=O)OCO/C(=C(/C#N)c1ccc(C(C)(C)C)cc1)c1c(Cl)c(C)nn1CC. The van der Waals surface area contributed by atoms with E-state index in [9.17, 15) is 10.1 Å². The zero-order valence-corrected chi connectivity index (χ0v) is 19.8. The highest BCUT2D eigenvalue weighted by atomic mass is 35.5. The van der Waals surface area contributed by atoms with Gasteiger partial charge in [0.2, 0.25) is 6.79 Å². The second-order valence-electron chi connectivity index (χ2n) is 8.24. The Labute approximate surface area is 189 Å². The van der Waals surface area contributed by atoms with Gasteiger partial charge in [-0.2, -0.15) is 10.4 Å². The molecule has 0 N–H and O–H groups in total. The third-order valence-corrected chi connectivity index (χ3v) is 5.28. The van der Waals surface area contributed by atoms with Crippen molar-refractivity contribution in [3.8, 4) is 6.07 Å². The lowest BCUT2D eigenvalue weighted by Gasteiger charge is -2.19. The largest absolute Gasteiger partial charge is 0.454 e. The van der Waals surface area contributed by atoms with Gasteiger partial charge < -0.3 is 9.47 Å². The maximum Gasteiger partial charge on any atom is 0.308 e. The summed E-state index contributed by atoms with van der Waals surface area (Å²) in [7, 11) is 0. The first-order valence-corrected chi connectivity index (χ1v) is 10.8. The first-order valence-electron chi connectivity index (χ1n) is 10.4. The summed E-state index contributed by atoms with van der Waals surface area (Å²) in [4.78, 5) is 11.8. The average molecular weight is 444 g/mol. The van der Waals surface area contributed by atoms with Crippen LogP contribution in [0.25, 0.3) is 11.3 Å². The molecular weight excluding hydrogens is 414 g/mol. The molecule has 166 valence electrons. The fourth-order valence-electron chi connectivity index (χ4n) is 3.08. The van der Waals surface area contributed by atoms with Crippen molar-refractivity contribution < 1.29 is 14.3 Å². The van der Waals surface area contributed by atoms with Crippen LogP contribution in [0.5, 0.6) is 0 Å². The molecule has 0 aliphatic carbocycles. The maximum atomic E-state index is 11.8. The monoisotopic (exact) mass is 443 g/mol. The summed E-state index contributed by atoms with van der Waals surface area (Å²) < 4.78 is 12.7. The van der Waals surface area contributed by atoms with Gasteiger partial charge in [0.25, 0.3) is 0 Å². The van der Waals surface area contributed by atoms with Crippen LogP contribution in [0, 0.1) is 18.3 Å². The van der Waals surface area contributed by atoms with E-state index in [1.165, 1.54) is 0 Å². The number of esters is 1. The van der Waals surface area contributed by atoms with Gasteiger partial charge in [-0.1, -0.05) is 63.6 Å². The smallest absolute Gasteiger partial charge is 0.308 e. The van der Waals surface area contributed by atoms with Crippen LogP contribution in [0.3, 0.4) is 0 Å². The number of hydrogen-bond acceptors (Lipinski definition) is 5. The molecule has 0 spiro atoms. The number of hydrogen-bond donors (Lipinski definition) is 0. The number of aryl methyl sites for hydroxylation is 2. The van der Waals surface area contributed by atoms with Crippen LogP contribution in [0.15, 0.2) is 24.3 Å². The standard InChI is InChI=1S/C24H30ClN3O3/c1-7-9-20(29)30-15-31-23(22-21(25)16(3)27-28(22)8-2)19(14-26)17-10-12-18(13-11-17)24(4,5)6/h10-13H,7-9,15H2,1-6H3/b23-19-. The van der Waals surface area contributed by atoms with Crippen molar-refractivity contribution in [3.05, 3.63) is 51.8 Å². The zero-order valence-electron chi connectivity index (χ0n) is 19.1. The number of aromatic nitrogens is 2. The minimum absolute atomic E-state index is 0.0108. The van der Waals surface area contributed by atoms with Gasteiger partial charge in [0.15, 0.2) is 5.76 Å². The molecule has 0 saturated heterocycles. The third kappa shape index (κ3) is 5.89. The molecule has 7 heteroatoms. The highest BCUT2D eigenvalue weighted by Gasteiger charge is 2.24. The van der Waals surface area contributed by atoms with Crippen LogP contribution < -0.4 is 0 Å². The Bertz CT molecular complexity index is 993. The lowest BCUT2D eigenvalue weighted by Crippen LogP contribution is -2.12. The van der Waals surface area contributed by atoms with Crippen molar-refractivity contribution in [2.75, 3.05) is 6.79 Å². The summed E-state index contributed by atoms with van der Waals surface area (Å²) >= 11 is 6.54. The van der Waals surface area contributed by atoms with Gasteiger partial charge in [0.1, 0.15) is 17.3 Å². The van der Waals surface area contributed by atoms with Crippen LogP contribution in [-0.4, -0.2) is 22.5 Å². The van der Waals surface area contributed by atoms with Crippen LogP contribution in [0.2, 0.25) is 5.02 Å². The Balaban J connectivity index is 2.57. The van der Waals surface area contributed by atoms with Crippen LogP contribution in [0.4, 0.5) is 0 Å². The fraction of sp³-hybridized carbons (Fsp3) is 0.458. The van der Waals surface area contributed by atoms with Crippen molar-refractivity contribution in [2.24, 2.45) is 0 Å². The van der Waals surface area contributed by atoms with E-state index < -0.39 is 0 Å². The van der Waals surface area contributed by atoms with Gasteiger partial charge in [-0.25, -0.2) is 0 Å². The molecule has 0 aliphatic heterocycles. The molecule has 0 saturated carbocycles. The third-order valence-electron chi connectivity index (χ3n) is 4.82. The lowest BCUT2D eigenvalue weighted by molar-refractivity contribution is -0.151. The Kier molecular flexibility index (Phi) is 8.29.